The predicted molar refractivity (Wildman–Crippen MR) is 141 cm³/mol. The van der Waals surface area contributed by atoms with Gasteiger partial charge in [-0.2, -0.15) is 0 Å². The first-order valence-electron chi connectivity index (χ1n) is 12.7. The second-order valence-corrected chi connectivity index (χ2v) is 11.7. The van der Waals surface area contributed by atoms with Crippen LogP contribution in [0.5, 0.6) is 0 Å². The molecule has 4 aliphatic rings. The molecule has 1 aromatic carbocycles. The van der Waals surface area contributed by atoms with Crippen LogP contribution < -0.4 is 21.3 Å². The van der Waals surface area contributed by atoms with Crippen molar-refractivity contribution in [2.24, 2.45) is 5.41 Å². The van der Waals surface area contributed by atoms with Crippen molar-refractivity contribution in [2.45, 2.75) is 60.4 Å². The van der Waals surface area contributed by atoms with Crippen LogP contribution in [0.2, 0.25) is 0 Å². The fraction of sp³-hybridized carbons (Fsp3) is 0.407. The number of piperidine rings is 1. The summed E-state index contributed by atoms with van der Waals surface area (Å²) in [6, 6.07) is 10.8. The molecule has 0 unspecified atom stereocenters. The Morgan fingerprint density at radius 3 is 2.42 bits per heavy atom. The number of carbonyl (C=O) groups excluding carboxylic acids is 1. The van der Waals surface area contributed by atoms with Crippen molar-refractivity contribution < 1.29 is 4.79 Å². The van der Waals surface area contributed by atoms with E-state index in [1.807, 2.05) is 12.3 Å². The predicted octanol–water partition coefficient (Wildman–Crippen LogP) is 4.28. The number of nitrogen functional groups attached to an aromatic ring is 1. The number of aromatic nitrogens is 3. The molecule has 4 heterocycles. The summed E-state index contributed by atoms with van der Waals surface area (Å²) in [7, 11) is 0. The van der Waals surface area contributed by atoms with E-state index in [1.54, 1.807) is 6.20 Å². The number of nitrogens with two attached hydrogens (primary N) is 1. The highest BCUT2D eigenvalue weighted by Crippen LogP contribution is 2.47. The lowest BCUT2D eigenvalue weighted by Crippen LogP contribution is -2.57. The van der Waals surface area contributed by atoms with Crippen molar-refractivity contribution in [3.63, 3.8) is 0 Å². The van der Waals surface area contributed by atoms with Gasteiger partial charge in [-0.3, -0.25) is 4.79 Å². The molecule has 4 N–H and O–H groups in total. The number of fused-ring (bicyclic) bond motifs is 2. The molecular formula is C27H29N7OS. The number of hydrogen-bond acceptors (Lipinski definition) is 8. The van der Waals surface area contributed by atoms with E-state index in [0.29, 0.717) is 27.8 Å². The summed E-state index contributed by atoms with van der Waals surface area (Å²) in [5, 5.41) is 7.07. The highest BCUT2D eigenvalue weighted by atomic mass is 32.2. The summed E-state index contributed by atoms with van der Waals surface area (Å²) >= 11 is 1.41. The highest BCUT2D eigenvalue weighted by Gasteiger charge is 2.48. The Hall–Kier alpha value is -3.33. The summed E-state index contributed by atoms with van der Waals surface area (Å²) in [5.74, 6) is 1.96. The first-order valence-corrected chi connectivity index (χ1v) is 13.6. The van der Waals surface area contributed by atoms with Crippen LogP contribution in [0.15, 0.2) is 52.6 Å². The second kappa shape index (κ2) is 8.09. The number of rotatable bonds is 3. The zero-order chi connectivity index (χ0) is 24.3. The van der Waals surface area contributed by atoms with Gasteiger partial charge in [-0.05, 0) is 67.6 Å². The number of nitrogens with one attached hydrogen (secondary N) is 2. The maximum atomic E-state index is 12.7. The smallest absolute Gasteiger partial charge is 0.250 e. The Balaban J connectivity index is 1.05. The molecule has 0 bridgehead atoms. The van der Waals surface area contributed by atoms with E-state index in [-0.39, 0.29) is 5.91 Å². The van der Waals surface area contributed by atoms with E-state index in [4.69, 9.17) is 10.7 Å². The number of amides is 1. The Morgan fingerprint density at radius 2 is 1.75 bits per heavy atom. The number of carbonyl (C=O) groups is 1. The lowest BCUT2D eigenvalue weighted by Gasteiger charge is -2.44. The normalized spacial score (nSPS) is 20.9. The van der Waals surface area contributed by atoms with Gasteiger partial charge in [0.15, 0.2) is 11.6 Å². The molecule has 2 spiro atoms. The van der Waals surface area contributed by atoms with Crippen molar-refractivity contribution in [3.05, 3.63) is 53.9 Å². The molecule has 2 aliphatic heterocycles. The van der Waals surface area contributed by atoms with E-state index in [9.17, 15) is 4.79 Å². The molecule has 2 aromatic heterocycles. The second-order valence-electron chi connectivity index (χ2n) is 10.7. The van der Waals surface area contributed by atoms with Gasteiger partial charge in [0.05, 0.1) is 11.9 Å². The minimum atomic E-state index is -0.502. The molecule has 2 fully saturated rings. The van der Waals surface area contributed by atoms with E-state index in [2.05, 4.69) is 49.8 Å². The molecule has 1 saturated heterocycles. The van der Waals surface area contributed by atoms with Crippen LogP contribution in [0.1, 0.15) is 43.2 Å². The maximum Gasteiger partial charge on any atom is 0.250 e. The summed E-state index contributed by atoms with van der Waals surface area (Å²) < 4.78 is 0. The van der Waals surface area contributed by atoms with E-state index >= 15 is 0 Å². The molecule has 184 valence electrons. The van der Waals surface area contributed by atoms with Crippen LogP contribution in [0.25, 0.3) is 0 Å². The van der Waals surface area contributed by atoms with Crippen molar-refractivity contribution >= 4 is 40.8 Å². The minimum absolute atomic E-state index is 0.0127. The van der Waals surface area contributed by atoms with Crippen LogP contribution in [0, 0.1) is 5.41 Å². The van der Waals surface area contributed by atoms with Crippen LogP contribution in [0.4, 0.5) is 23.1 Å². The molecule has 1 saturated carbocycles. The third kappa shape index (κ3) is 3.51. The Bertz CT molecular complexity index is 1340. The number of nitrogens with zero attached hydrogens (tertiary/aromatic N) is 4. The van der Waals surface area contributed by atoms with Crippen LogP contribution in [-0.2, 0) is 17.6 Å². The number of hydrogen-bond donors (Lipinski definition) is 3. The van der Waals surface area contributed by atoms with Gasteiger partial charge in [-0.1, -0.05) is 36.0 Å². The van der Waals surface area contributed by atoms with Gasteiger partial charge in [0.1, 0.15) is 16.4 Å². The van der Waals surface area contributed by atoms with Gasteiger partial charge in [0.2, 0.25) is 5.91 Å². The standard InChI is InChI=1S/C27H29N7OS/c28-22-24(36-19-6-11-29-23-21(19)32-25(35)27(33-23)7-3-8-27)30-16-20(31-22)34-12-9-26(10-13-34)14-17-4-1-2-5-18(17)15-26/h1-2,4-6,11,16H,3,7-10,12-15H2,(H2,28,31)(H,29,33)(H,32,35). The van der Waals surface area contributed by atoms with Crippen LogP contribution in [-0.4, -0.2) is 39.5 Å². The molecular weight excluding hydrogens is 470 g/mol. The van der Waals surface area contributed by atoms with Crippen molar-refractivity contribution in [1.82, 2.24) is 15.0 Å². The maximum absolute atomic E-state index is 12.7. The molecule has 9 heteroatoms. The summed E-state index contributed by atoms with van der Waals surface area (Å²) in [5.41, 5.74) is 9.99. The Kier molecular flexibility index (Phi) is 4.93. The molecule has 36 heavy (non-hydrogen) atoms. The summed E-state index contributed by atoms with van der Waals surface area (Å²) in [4.78, 5) is 29.8. The molecule has 0 radical (unpaired) electrons. The molecule has 8 nitrogen and oxygen atoms in total. The van der Waals surface area contributed by atoms with Gasteiger partial charge < -0.3 is 21.3 Å². The topological polar surface area (TPSA) is 109 Å². The van der Waals surface area contributed by atoms with Crippen molar-refractivity contribution in [1.29, 1.82) is 0 Å². The van der Waals surface area contributed by atoms with Crippen LogP contribution in [0.3, 0.4) is 0 Å². The number of pyridine rings is 1. The lowest BCUT2D eigenvalue weighted by atomic mass is 9.75. The highest BCUT2D eigenvalue weighted by molar-refractivity contribution is 7.99. The molecule has 3 aromatic rings. The molecule has 7 rings (SSSR count). The summed E-state index contributed by atoms with van der Waals surface area (Å²) in [6.45, 7) is 1.93. The first-order chi connectivity index (χ1) is 17.5. The van der Waals surface area contributed by atoms with Gasteiger partial charge in [-0.15, -0.1) is 0 Å². The minimum Gasteiger partial charge on any atom is -0.381 e. The fourth-order valence-corrected chi connectivity index (χ4v) is 7.04. The van der Waals surface area contributed by atoms with Gasteiger partial charge in [-0.25, -0.2) is 15.0 Å². The zero-order valence-corrected chi connectivity index (χ0v) is 20.9. The zero-order valence-electron chi connectivity index (χ0n) is 20.1. The van der Waals surface area contributed by atoms with Gasteiger partial charge in [0, 0.05) is 24.2 Å². The average Bonchev–Trinajstić information content (AvgIpc) is 3.22. The Labute approximate surface area is 214 Å². The van der Waals surface area contributed by atoms with Gasteiger partial charge in [0.25, 0.3) is 0 Å². The van der Waals surface area contributed by atoms with Crippen molar-refractivity contribution in [3.8, 4) is 0 Å². The third-order valence-corrected chi connectivity index (χ3v) is 9.57. The fourth-order valence-electron chi connectivity index (χ4n) is 6.20. The third-order valence-electron chi connectivity index (χ3n) is 8.51. The number of benzene rings is 1. The molecule has 1 amide bonds. The van der Waals surface area contributed by atoms with E-state index in [0.717, 1.165) is 55.9 Å². The Morgan fingerprint density at radius 1 is 1.00 bits per heavy atom. The van der Waals surface area contributed by atoms with Crippen LogP contribution >= 0.6 is 11.8 Å². The first kappa shape index (κ1) is 21.9. The monoisotopic (exact) mass is 499 g/mol. The average molecular weight is 500 g/mol. The largest absolute Gasteiger partial charge is 0.381 e. The molecule has 0 atom stereocenters. The quantitative estimate of drug-likeness (QED) is 0.490. The van der Waals surface area contributed by atoms with Gasteiger partial charge >= 0.3 is 0 Å². The van der Waals surface area contributed by atoms with E-state index < -0.39 is 5.54 Å². The molecule has 2 aliphatic carbocycles. The summed E-state index contributed by atoms with van der Waals surface area (Å²) in [6.07, 6.45) is 11.0. The lowest BCUT2D eigenvalue weighted by molar-refractivity contribution is -0.123. The number of anilines is 4. The van der Waals surface area contributed by atoms with E-state index in [1.165, 1.54) is 35.7 Å². The SMILES string of the molecule is Nc1nc(N2CCC3(CC2)Cc2ccccc2C3)cnc1Sc1ccnc2c1NC(=O)C1(CCC1)N2. The van der Waals surface area contributed by atoms with Crippen molar-refractivity contribution in [2.75, 3.05) is 34.4 Å².